The van der Waals surface area contributed by atoms with Gasteiger partial charge in [-0.3, -0.25) is 4.99 Å². The van der Waals surface area contributed by atoms with Crippen molar-refractivity contribution in [2.75, 3.05) is 20.2 Å². The Morgan fingerprint density at radius 1 is 1.37 bits per heavy atom. The van der Waals surface area contributed by atoms with Crippen LogP contribution in [0.2, 0.25) is 5.02 Å². The van der Waals surface area contributed by atoms with Gasteiger partial charge in [-0.1, -0.05) is 18.5 Å². The second-order valence-corrected chi connectivity index (χ2v) is 4.69. The lowest BCUT2D eigenvalue weighted by Gasteiger charge is -2.16. The highest BCUT2D eigenvalue weighted by Gasteiger charge is 2.01. The lowest BCUT2D eigenvalue weighted by Crippen LogP contribution is -2.43. The molecule has 0 radical (unpaired) electrons. The lowest BCUT2D eigenvalue weighted by atomic mass is 10.3. The van der Waals surface area contributed by atoms with Crippen molar-refractivity contribution in [3.05, 3.63) is 29.3 Å². The zero-order valence-electron chi connectivity index (χ0n) is 11.7. The molecule has 0 spiro atoms. The molecule has 5 heteroatoms. The van der Waals surface area contributed by atoms with Gasteiger partial charge in [-0.05, 0) is 37.6 Å². The van der Waals surface area contributed by atoms with Crippen molar-refractivity contribution in [1.29, 1.82) is 0 Å². The highest BCUT2D eigenvalue weighted by Crippen LogP contribution is 2.14. The number of benzene rings is 1. The number of rotatable bonds is 6. The average molecular weight is 284 g/mol. The van der Waals surface area contributed by atoms with E-state index in [-0.39, 0.29) is 0 Å². The molecule has 0 aliphatic rings. The van der Waals surface area contributed by atoms with Crippen LogP contribution in [0.5, 0.6) is 5.75 Å². The van der Waals surface area contributed by atoms with Crippen molar-refractivity contribution in [2.24, 2.45) is 4.99 Å². The minimum atomic E-state index is 0.406. The minimum absolute atomic E-state index is 0.406. The van der Waals surface area contributed by atoms with E-state index in [2.05, 4.69) is 29.5 Å². The van der Waals surface area contributed by atoms with E-state index in [1.807, 2.05) is 24.3 Å². The third-order valence-electron chi connectivity index (χ3n) is 2.70. The molecule has 0 saturated heterocycles. The van der Waals surface area contributed by atoms with Crippen molar-refractivity contribution >= 4 is 17.6 Å². The van der Waals surface area contributed by atoms with Crippen LogP contribution < -0.4 is 15.4 Å². The first-order valence-corrected chi connectivity index (χ1v) is 6.89. The van der Waals surface area contributed by atoms with E-state index in [4.69, 9.17) is 16.3 Å². The molecule has 1 atom stereocenters. The number of nitrogens with zero attached hydrogens (tertiary/aromatic N) is 1. The molecule has 0 aliphatic carbocycles. The molecular formula is C14H22ClN3O. The van der Waals surface area contributed by atoms with Crippen LogP contribution in [0.3, 0.4) is 0 Å². The summed E-state index contributed by atoms with van der Waals surface area (Å²) in [6, 6.07) is 7.74. The van der Waals surface area contributed by atoms with Gasteiger partial charge in [-0.25, -0.2) is 0 Å². The molecule has 2 N–H and O–H groups in total. The van der Waals surface area contributed by atoms with Crippen LogP contribution in [0, 0.1) is 0 Å². The van der Waals surface area contributed by atoms with Gasteiger partial charge in [0.25, 0.3) is 0 Å². The third-order valence-corrected chi connectivity index (χ3v) is 2.95. The maximum Gasteiger partial charge on any atom is 0.191 e. The van der Waals surface area contributed by atoms with Crippen LogP contribution in [-0.2, 0) is 0 Å². The quantitative estimate of drug-likeness (QED) is 0.479. The fourth-order valence-electron chi connectivity index (χ4n) is 1.40. The monoisotopic (exact) mass is 283 g/mol. The summed E-state index contributed by atoms with van der Waals surface area (Å²) >= 11 is 5.80. The maximum absolute atomic E-state index is 5.80. The zero-order chi connectivity index (χ0) is 14.1. The van der Waals surface area contributed by atoms with Gasteiger partial charge in [0, 0.05) is 18.1 Å². The predicted molar refractivity (Wildman–Crippen MR) is 81.2 cm³/mol. The van der Waals surface area contributed by atoms with E-state index in [1.165, 1.54) is 0 Å². The number of nitrogens with one attached hydrogen (secondary N) is 2. The van der Waals surface area contributed by atoms with Crippen molar-refractivity contribution in [3.8, 4) is 5.75 Å². The highest BCUT2D eigenvalue weighted by atomic mass is 35.5. The molecule has 19 heavy (non-hydrogen) atoms. The molecule has 0 saturated carbocycles. The minimum Gasteiger partial charge on any atom is -0.492 e. The number of hydrogen-bond acceptors (Lipinski definition) is 2. The summed E-state index contributed by atoms with van der Waals surface area (Å²) in [6.07, 6.45) is 1.06. The summed E-state index contributed by atoms with van der Waals surface area (Å²) in [4.78, 5) is 4.15. The SMILES string of the molecule is CCC(C)NC(=NC)NCCOc1ccc(Cl)cc1. The lowest BCUT2D eigenvalue weighted by molar-refractivity contribution is 0.321. The zero-order valence-corrected chi connectivity index (χ0v) is 12.5. The molecule has 0 heterocycles. The van der Waals surface area contributed by atoms with Crippen LogP contribution in [0.15, 0.2) is 29.3 Å². The highest BCUT2D eigenvalue weighted by molar-refractivity contribution is 6.30. The Bertz CT molecular complexity index is 392. The van der Waals surface area contributed by atoms with Crippen LogP contribution in [0.4, 0.5) is 0 Å². The second kappa shape index (κ2) is 8.64. The molecule has 0 amide bonds. The summed E-state index contributed by atoms with van der Waals surface area (Å²) < 4.78 is 5.58. The standard InChI is InChI=1S/C14H22ClN3O/c1-4-11(2)18-14(16-3)17-9-10-19-13-7-5-12(15)6-8-13/h5-8,11H,4,9-10H2,1-3H3,(H2,16,17,18). The Hall–Kier alpha value is -1.42. The molecule has 1 unspecified atom stereocenters. The van der Waals surface area contributed by atoms with Gasteiger partial charge >= 0.3 is 0 Å². The largest absolute Gasteiger partial charge is 0.492 e. The summed E-state index contributed by atoms with van der Waals surface area (Å²) in [5, 5.41) is 7.20. The van der Waals surface area contributed by atoms with E-state index in [9.17, 15) is 0 Å². The first-order valence-electron chi connectivity index (χ1n) is 6.51. The van der Waals surface area contributed by atoms with Crippen LogP contribution in [0.1, 0.15) is 20.3 Å². The Labute approximate surface area is 120 Å². The van der Waals surface area contributed by atoms with Crippen LogP contribution in [0.25, 0.3) is 0 Å². The van der Waals surface area contributed by atoms with E-state index in [0.29, 0.717) is 24.2 Å². The Kier molecular flexibility index (Phi) is 7.11. The van der Waals surface area contributed by atoms with Gasteiger partial charge in [0.2, 0.25) is 0 Å². The van der Waals surface area contributed by atoms with Gasteiger partial charge in [-0.2, -0.15) is 0 Å². The molecule has 106 valence electrons. The summed E-state index contributed by atoms with van der Waals surface area (Å²) in [5.74, 6) is 1.62. The summed E-state index contributed by atoms with van der Waals surface area (Å²) in [6.45, 7) is 5.52. The molecule has 1 aromatic rings. The Morgan fingerprint density at radius 3 is 2.63 bits per heavy atom. The van der Waals surface area contributed by atoms with Crippen molar-refractivity contribution in [2.45, 2.75) is 26.3 Å². The second-order valence-electron chi connectivity index (χ2n) is 4.26. The van der Waals surface area contributed by atoms with Crippen molar-refractivity contribution in [1.82, 2.24) is 10.6 Å². The van der Waals surface area contributed by atoms with Gasteiger partial charge in [0.05, 0.1) is 6.54 Å². The number of aliphatic imine (C=N–C) groups is 1. The average Bonchev–Trinajstić information content (AvgIpc) is 2.43. The predicted octanol–water partition coefficient (Wildman–Crippen LogP) is 2.68. The first kappa shape index (κ1) is 15.6. The van der Waals surface area contributed by atoms with Gasteiger partial charge in [0.1, 0.15) is 12.4 Å². The van der Waals surface area contributed by atoms with Crippen LogP contribution >= 0.6 is 11.6 Å². The molecule has 4 nitrogen and oxygen atoms in total. The summed E-state index contributed by atoms with van der Waals surface area (Å²) in [7, 11) is 1.76. The number of guanidine groups is 1. The number of halogens is 1. The molecular weight excluding hydrogens is 262 g/mol. The molecule has 1 aromatic carbocycles. The van der Waals surface area contributed by atoms with Gasteiger partial charge in [0.15, 0.2) is 5.96 Å². The Balaban J connectivity index is 2.24. The molecule has 0 fully saturated rings. The van der Waals surface area contributed by atoms with Crippen molar-refractivity contribution < 1.29 is 4.74 Å². The molecule has 1 rings (SSSR count). The topological polar surface area (TPSA) is 45.7 Å². The summed E-state index contributed by atoms with van der Waals surface area (Å²) in [5.41, 5.74) is 0. The smallest absolute Gasteiger partial charge is 0.191 e. The molecule has 0 aromatic heterocycles. The normalized spacial score (nSPS) is 12.9. The first-order chi connectivity index (χ1) is 9.15. The van der Waals surface area contributed by atoms with Gasteiger partial charge in [-0.15, -0.1) is 0 Å². The van der Waals surface area contributed by atoms with Crippen LogP contribution in [-0.4, -0.2) is 32.2 Å². The van der Waals surface area contributed by atoms with Gasteiger partial charge < -0.3 is 15.4 Å². The molecule has 0 bridgehead atoms. The number of hydrogen-bond donors (Lipinski definition) is 2. The number of ether oxygens (including phenoxy) is 1. The Morgan fingerprint density at radius 2 is 2.05 bits per heavy atom. The van der Waals surface area contributed by atoms with Crippen molar-refractivity contribution in [3.63, 3.8) is 0 Å². The van der Waals surface area contributed by atoms with E-state index in [1.54, 1.807) is 7.05 Å². The van der Waals surface area contributed by atoms with E-state index < -0.39 is 0 Å². The maximum atomic E-state index is 5.80. The fraction of sp³-hybridized carbons (Fsp3) is 0.500. The fourth-order valence-corrected chi connectivity index (χ4v) is 1.53. The molecule has 0 aliphatic heterocycles. The third kappa shape index (κ3) is 6.34. The van der Waals surface area contributed by atoms with E-state index in [0.717, 1.165) is 18.1 Å². The van der Waals surface area contributed by atoms with E-state index >= 15 is 0 Å².